The van der Waals surface area contributed by atoms with Crippen LogP contribution in [0.15, 0.2) is 66.7 Å². The number of methoxy groups -OCH3 is 4. The van der Waals surface area contributed by atoms with Crippen LogP contribution in [0, 0.1) is 35.5 Å². The normalized spacial score (nSPS) is 15.8. The lowest BCUT2D eigenvalue weighted by Gasteiger charge is -2.41. The minimum atomic E-state index is -1.04. The van der Waals surface area contributed by atoms with Crippen LogP contribution in [0.5, 0.6) is 0 Å². The molecule has 1 heterocycles. The number of anilines is 1. The number of nitrogens with zero attached hydrogens (tertiary/aromatic N) is 3. The van der Waals surface area contributed by atoms with Gasteiger partial charge in [-0.3, -0.25) is 43.3 Å². The number of hydrogen-bond acceptors (Lipinski definition) is 24. The summed E-state index contributed by atoms with van der Waals surface area (Å²) in [6, 6.07) is 12.2. The van der Waals surface area contributed by atoms with E-state index in [1.54, 1.807) is 63.8 Å². The number of aliphatic hydroxyl groups excluding tert-OH is 1. The quantitative estimate of drug-likeness (QED) is 0.0184. The van der Waals surface area contributed by atoms with Gasteiger partial charge in [-0.1, -0.05) is 124 Å². The molecule has 0 aliphatic carbocycles. The minimum Gasteiger partial charge on any atom is -0.466 e. The Morgan fingerprint density at radius 2 is 1.15 bits per heavy atom. The van der Waals surface area contributed by atoms with Crippen molar-refractivity contribution in [3.05, 3.63) is 77.9 Å². The Morgan fingerprint density at radius 3 is 1.69 bits per heavy atom. The molecule has 32 nitrogen and oxygen atoms in total. The highest BCUT2D eigenvalue weighted by atomic mass is 16.6. The van der Waals surface area contributed by atoms with Gasteiger partial charge in [-0.15, -0.1) is 0 Å². The molecule has 3 rings (SSSR count). The molecule has 1 aliphatic heterocycles. The van der Waals surface area contributed by atoms with E-state index in [1.807, 2.05) is 90.9 Å². The summed E-state index contributed by atoms with van der Waals surface area (Å²) < 4.78 is 66.0. The average molecular weight is 1760 g/mol. The molecule has 0 radical (unpaired) electrons. The molecule has 706 valence electrons. The maximum absolute atomic E-state index is 14.9. The zero-order valence-electron chi connectivity index (χ0n) is 77.6. The highest BCUT2D eigenvalue weighted by Crippen LogP contribution is 2.31. The molecule has 0 aromatic heterocycles. The lowest BCUT2D eigenvalue weighted by atomic mass is 9.87. The van der Waals surface area contributed by atoms with Gasteiger partial charge in [0.05, 0.1) is 155 Å². The van der Waals surface area contributed by atoms with E-state index in [-0.39, 0.29) is 97.6 Å². The Labute approximate surface area is 738 Å². The number of unbranched alkanes of at least 4 members (excludes halogenated alkanes) is 4. The van der Waals surface area contributed by atoms with Gasteiger partial charge in [-0.25, -0.2) is 9.59 Å². The summed E-state index contributed by atoms with van der Waals surface area (Å²) in [4.78, 5) is 140. The fraction of sp³-hybridized carbons (Fsp3) is 0.739. The summed E-state index contributed by atoms with van der Waals surface area (Å²) in [5.41, 5.74) is 2.11. The second kappa shape index (κ2) is 64.9. The van der Waals surface area contributed by atoms with Crippen LogP contribution >= 0.6 is 0 Å². The molecule has 0 bridgehead atoms. The van der Waals surface area contributed by atoms with Gasteiger partial charge >= 0.3 is 12.1 Å². The number of hydrogen-bond donors (Lipinski definition) is 7. The van der Waals surface area contributed by atoms with Crippen LogP contribution in [0.25, 0.3) is 0 Å². The summed E-state index contributed by atoms with van der Waals surface area (Å²) in [6.07, 6.45) is 7.67. The number of ether oxygens (including phenoxy) is 12. The molecule has 1 fully saturated rings. The van der Waals surface area contributed by atoms with Crippen molar-refractivity contribution in [2.24, 2.45) is 35.5 Å². The number of ketones is 1. The van der Waals surface area contributed by atoms with Crippen molar-refractivity contribution in [1.82, 2.24) is 41.3 Å². The van der Waals surface area contributed by atoms with Gasteiger partial charge in [0.1, 0.15) is 18.7 Å². The van der Waals surface area contributed by atoms with Gasteiger partial charge in [0.15, 0.2) is 5.78 Å². The first-order valence-electron chi connectivity index (χ1n) is 44.8. The number of carbonyl (C=O) groups is 10. The summed E-state index contributed by atoms with van der Waals surface area (Å²) in [7, 11) is 9.07. The van der Waals surface area contributed by atoms with Crippen molar-refractivity contribution in [3.8, 4) is 0 Å². The first-order valence-corrected chi connectivity index (χ1v) is 44.8. The Kier molecular flexibility index (Phi) is 57.8. The van der Waals surface area contributed by atoms with E-state index in [1.165, 1.54) is 39.4 Å². The molecular weight excluding hydrogens is 1600 g/mol. The van der Waals surface area contributed by atoms with E-state index in [0.29, 0.717) is 194 Å². The molecule has 124 heavy (non-hydrogen) atoms. The van der Waals surface area contributed by atoms with E-state index >= 15 is 0 Å². The van der Waals surface area contributed by atoms with Gasteiger partial charge < -0.3 is 104 Å². The van der Waals surface area contributed by atoms with Crippen molar-refractivity contribution < 1.29 is 110 Å². The monoisotopic (exact) mass is 1750 g/mol. The molecule has 2 aromatic rings. The maximum atomic E-state index is 14.9. The van der Waals surface area contributed by atoms with Gasteiger partial charge in [0.25, 0.3) is 0 Å². The van der Waals surface area contributed by atoms with Crippen LogP contribution < -0.4 is 31.9 Å². The fourth-order valence-electron chi connectivity index (χ4n) is 14.9. The van der Waals surface area contributed by atoms with Crippen molar-refractivity contribution in [1.29, 1.82) is 0 Å². The first kappa shape index (κ1) is 110. The van der Waals surface area contributed by atoms with Crippen LogP contribution in [-0.4, -0.2) is 295 Å². The standard InChI is InChI=1S/C92H155N9O23/c1-18-67(8)85(78(114-15)61-81(105)101-45-28-33-77(101)87(116-17)69(10)88(108)96-70(11)86(107)72-29-22-21-23-30-72)99(12)91(111)83(65(4)5)98-90(110)84(66(6)7)100(13)92(112)124-63-71-35-37-73(38-36-71)94-62-68(9)95-89(109)76(64(2)3)41-39-74(97-80(104)34-25-20-19-24-32-75(102)40-42-82(106)115-16)31-26-27-44-93-79(103)43-46-117-49-50-119-53-54-121-57-58-123-60-59-122-56-55-120-52-51-118-48-47-113-14/h21-23,29-30,35-38,40,42,64-70,74,76-78,83-87,94,107H,18-20,24-28,31-34,39,41,43-63H2,1-17H3,(H,93,103)(H,95,109)(H,96,108)(H,97,104)(H,98,110)/b42-40-/t67-,68-,69+,70+,74-,76-,77-,78+,83-,84-,85-,86+,87+/m0/s1. The van der Waals surface area contributed by atoms with Crippen molar-refractivity contribution in [2.75, 3.05) is 167 Å². The molecule has 0 unspecified atom stereocenters. The predicted octanol–water partition coefficient (Wildman–Crippen LogP) is 9.11. The van der Waals surface area contributed by atoms with Crippen molar-refractivity contribution >= 4 is 64.9 Å². The number of carbonyl (C=O) groups excluding carboxylic acids is 10. The van der Waals surface area contributed by atoms with Crippen molar-refractivity contribution in [3.63, 3.8) is 0 Å². The molecule has 8 amide bonds. The van der Waals surface area contributed by atoms with Crippen molar-refractivity contribution in [2.45, 2.75) is 246 Å². The smallest absolute Gasteiger partial charge is 0.410 e. The number of rotatable bonds is 70. The molecular formula is C92H155N9O23. The molecule has 7 N–H and O–H groups in total. The molecule has 2 aromatic carbocycles. The number of amides is 8. The number of likely N-dealkylation sites (N-methyl/N-ethyl adjacent to an activating group) is 2. The molecule has 0 saturated carbocycles. The third-order valence-corrected chi connectivity index (χ3v) is 22.4. The zero-order chi connectivity index (χ0) is 91.7. The lowest BCUT2D eigenvalue weighted by Crippen LogP contribution is -2.60. The van der Waals surface area contributed by atoms with E-state index in [4.69, 9.17) is 52.1 Å². The zero-order valence-corrected chi connectivity index (χ0v) is 77.6. The van der Waals surface area contributed by atoms with E-state index in [2.05, 4.69) is 36.6 Å². The number of allylic oxidation sites excluding steroid dienone is 1. The molecule has 13 atom stereocenters. The fourth-order valence-corrected chi connectivity index (χ4v) is 14.9. The molecule has 32 heteroatoms. The second-order valence-electron chi connectivity index (χ2n) is 33.1. The van der Waals surface area contributed by atoms with Crippen LogP contribution in [0.1, 0.15) is 196 Å². The molecule has 1 saturated heterocycles. The number of aliphatic hydroxyl groups is 1. The van der Waals surface area contributed by atoms with Crippen LogP contribution in [0.3, 0.4) is 0 Å². The average Bonchev–Trinajstić information content (AvgIpc) is 1.44. The predicted molar refractivity (Wildman–Crippen MR) is 473 cm³/mol. The van der Waals surface area contributed by atoms with Gasteiger partial charge in [-0.2, -0.15) is 0 Å². The summed E-state index contributed by atoms with van der Waals surface area (Å²) in [5, 5.41) is 29.7. The highest BCUT2D eigenvalue weighted by Gasteiger charge is 2.44. The van der Waals surface area contributed by atoms with E-state index in [0.717, 1.165) is 24.6 Å². The Morgan fingerprint density at radius 1 is 0.565 bits per heavy atom. The SMILES string of the molecule is CC[C@H](C)[C@@H]([C@@H](CC(=O)N1CCC[C@H]1[C@H](OC)[C@@H](C)C(=O)N[C@H](C)[C@@H](O)c1ccccc1)OC)N(C)C(=O)[C@@H](NC(=O)[C@H](C(C)C)N(C)C(=O)OCc1ccc(NC[C@H](C)NC(=O)[C@@H](CC[C@H](CCCCNC(=O)CCOCCOCCOCCOCCOCCOCCOCCOC)NC(=O)CCCCCCC(=O)/C=C\C(=O)OC)C(C)C)cc1)C(C)C. The summed E-state index contributed by atoms with van der Waals surface area (Å²) >= 11 is 0. The third kappa shape index (κ3) is 44.1. The number of nitrogens with one attached hydrogen (secondary N) is 6. The van der Waals surface area contributed by atoms with Gasteiger partial charge in [0, 0.05) is 104 Å². The lowest BCUT2D eigenvalue weighted by molar-refractivity contribution is -0.148. The van der Waals surface area contributed by atoms with Crippen LogP contribution in [-0.2, 0) is 107 Å². The first-order chi connectivity index (χ1) is 59.4. The third-order valence-electron chi connectivity index (χ3n) is 22.4. The van der Waals surface area contributed by atoms with Crippen LogP contribution in [0.4, 0.5) is 10.5 Å². The summed E-state index contributed by atoms with van der Waals surface area (Å²) in [6.45, 7) is 28.5. The number of esters is 1. The summed E-state index contributed by atoms with van der Waals surface area (Å²) in [5.74, 6) is -4.60. The number of benzene rings is 2. The Balaban J connectivity index is 1.51. The highest BCUT2D eigenvalue weighted by molar-refractivity contribution is 5.96. The Bertz CT molecular complexity index is 3360. The minimum absolute atomic E-state index is 0.0163. The Hall–Kier alpha value is -7.76. The van der Waals surface area contributed by atoms with Crippen LogP contribution in [0.2, 0.25) is 0 Å². The van der Waals surface area contributed by atoms with E-state index in [9.17, 15) is 53.1 Å². The van der Waals surface area contributed by atoms with E-state index < -0.39 is 90.2 Å². The maximum Gasteiger partial charge on any atom is 0.410 e. The second-order valence-corrected chi connectivity index (χ2v) is 33.1. The number of likely N-dealkylation sites (tertiary alicyclic amines) is 1. The van der Waals surface area contributed by atoms with Gasteiger partial charge in [0.2, 0.25) is 41.4 Å². The molecule has 0 spiro atoms. The molecule has 1 aliphatic rings. The van der Waals surface area contributed by atoms with Gasteiger partial charge in [-0.05, 0) is 125 Å². The topological polar surface area (TPSA) is 384 Å². The largest absolute Gasteiger partial charge is 0.466 e.